The molecule has 0 spiro atoms. The second kappa shape index (κ2) is 4.40. The highest BCUT2D eigenvalue weighted by Crippen LogP contribution is 2.32. The average Bonchev–Trinajstić information content (AvgIpc) is 2.48. The second-order valence-electron chi connectivity index (χ2n) is 3.60. The fraction of sp³-hybridized carbons (Fsp3) is 0.167. The van der Waals surface area contributed by atoms with Gasteiger partial charge in [0.2, 0.25) is 0 Å². The molecule has 0 unspecified atom stereocenters. The molecule has 0 aromatic heterocycles. The van der Waals surface area contributed by atoms with E-state index in [1.807, 2.05) is 30.3 Å². The molecule has 0 saturated carbocycles. The van der Waals surface area contributed by atoms with E-state index in [0.717, 1.165) is 5.56 Å². The smallest absolute Gasteiger partial charge is 0.187 e. The van der Waals surface area contributed by atoms with E-state index < -0.39 is 5.92 Å². The molecule has 0 fully saturated rings. The number of ketones is 2. The predicted octanol–water partition coefficient (Wildman–Crippen LogP) is 2.69. The highest BCUT2D eigenvalue weighted by molar-refractivity contribution is 6.59. The van der Waals surface area contributed by atoms with Crippen molar-refractivity contribution < 1.29 is 9.59 Å². The van der Waals surface area contributed by atoms with Crippen LogP contribution in [0.4, 0.5) is 0 Å². The topological polar surface area (TPSA) is 34.1 Å². The van der Waals surface area contributed by atoms with Crippen molar-refractivity contribution in [2.45, 2.75) is 6.42 Å². The van der Waals surface area contributed by atoms with Gasteiger partial charge in [-0.1, -0.05) is 53.5 Å². The molecule has 0 radical (unpaired) electrons. The molecule has 0 aliphatic heterocycles. The average molecular weight is 255 g/mol. The fourth-order valence-electron chi connectivity index (χ4n) is 1.68. The third-order valence-electron chi connectivity index (χ3n) is 2.54. The van der Waals surface area contributed by atoms with Crippen molar-refractivity contribution in [3.63, 3.8) is 0 Å². The maximum Gasteiger partial charge on any atom is 0.187 e. The van der Waals surface area contributed by atoms with E-state index in [-0.39, 0.29) is 21.6 Å². The van der Waals surface area contributed by atoms with Crippen molar-refractivity contribution >= 4 is 34.8 Å². The van der Waals surface area contributed by atoms with Gasteiger partial charge in [-0.05, 0) is 12.0 Å². The van der Waals surface area contributed by atoms with Crippen molar-refractivity contribution in [2.75, 3.05) is 0 Å². The zero-order valence-electron chi connectivity index (χ0n) is 8.24. The largest absolute Gasteiger partial charge is 0.292 e. The van der Waals surface area contributed by atoms with Crippen LogP contribution in [-0.4, -0.2) is 11.6 Å². The standard InChI is InChI=1S/C12H8Cl2O2/c13-9-10(14)12(16)8(11(9)15)6-7-4-2-1-3-5-7/h1-5,8H,6H2. The third kappa shape index (κ3) is 1.91. The molecule has 1 aromatic carbocycles. The molecule has 4 heteroatoms. The zero-order valence-corrected chi connectivity index (χ0v) is 9.76. The number of hydrogen-bond donors (Lipinski definition) is 0. The van der Waals surface area contributed by atoms with Crippen LogP contribution in [-0.2, 0) is 16.0 Å². The summed E-state index contributed by atoms with van der Waals surface area (Å²) in [6.07, 6.45) is 0.352. The lowest BCUT2D eigenvalue weighted by molar-refractivity contribution is -0.125. The van der Waals surface area contributed by atoms with Crippen LogP contribution in [0.15, 0.2) is 40.4 Å². The van der Waals surface area contributed by atoms with Crippen molar-refractivity contribution in [3.05, 3.63) is 46.0 Å². The fourth-order valence-corrected chi connectivity index (χ4v) is 2.13. The molecule has 0 bridgehead atoms. The van der Waals surface area contributed by atoms with Crippen LogP contribution < -0.4 is 0 Å². The zero-order chi connectivity index (χ0) is 11.7. The Kier molecular flexibility index (Phi) is 3.13. The van der Waals surface area contributed by atoms with Crippen molar-refractivity contribution in [1.82, 2.24) is 0 Å². The summed E-state index contributed by atoms with van der Waals surface area (Å²) in [5.41, 5.74) is 0.921. The maximum absolute atomic E-state index is 11.6. The van der Waals surface area contributed by atoms with Crippen LogP contribution in [0, 0.1) is 5.92 Å². The summed E-state index contributed by atoms with van der Waals surface area (Å²) in [5, 5.41) is -0.264. The Morgan fingerprint density at radius 2 is 1.44 bits per heavy atom. The minimum Gasteiger partial charge on any atom is -0.292 e. The quantitative estimate of drug-likeness (QED) is 0.761. The van der Waals surface area contributed by atoms with Crippen LogP contribution in [0.2, 0.25) is 0 Å². The minimum atomic E-state index is -0.748. The molecule has 1 aliphatic rings. The molecule has 0 amide bonds. The van der Waals surface area contributed by atoms with Gasteiger partial charge in [-0.25, -0.2) is 0 Å². The molecule has 1 aromatic rings. The number of rotatable bonds is 2. The van der Waals surface area contributed by atoms with Gasteiger partial charge >= 0.3 is 0 Å². The Morgan fingerprint density at radius 3 is 1.94 bits per heavy atom. The molecule has 1 aliphatic carbocycles. The van der Waals surface area contributed by atoms with Gasteiger partial charge in [0.05, 0.1) is 5.92 Å². The normalized spacial score (nSPS) is 17.4. The van der Waals surface area contributed by atoms with E-state index in [1.165, 1.54) is 0 Å². The third-order valence-corrected chi connectivity index (χ3v) is 3.39. The number of hydrogen-bond acceptors (Lipinski definition) is 2. The number of Topliss-reactive ketones (excluding diaryl/α,β-unsaturated/α-hetero) is 2. The second-order valence-corrected chi connectivity index (χ2v) is 4.35. The van der Waals surface area contributed by atoms with Gasteiger partial charge in [0.15, 0.2) is 11.6 Å². The number of carbonyl (C=O) groups excluding carboxylic acids is 2. The van der Waals surface area contributed by atoms with E-state index in [0.29, 0.717) is 6.42 Å². The Labute approximate surface area is 103 Å². The van der Waals surface area contributed by atoms with Gasteiger partial charge in [0.1, 0.15) is 10.1 Å². The van der Waals surface area contributed by atoms with E-state index in [4.69, 9.17) is 23.2 Å². The van der Waals surface area contributed by atoms with Crippen molar-refractivity contribution in [2.24, 2.45) is 5.92 Å². The molecule has 16 heavy (non-hydrogen) atoms. The van der Waals surface area contributed by atoms with Crippen LogP contribution in [0.25, 0.3) is 0 Å². The molecule has 0 N–H and O–H groups in total. The number of allylic oxidation sites excluding steroid dienone is 2. The Hall–Kier alpha value is -1.12. The Balaban J connectivity index is 2.21. The minimum absolute atomic E-state index is 0.132. The SMILES string of the molecule is O=C1C(Cl)=C(Cl)C(=O)C1Cc1ccccc1. The first kappa shape index (κ1) is 11.4. The van der Waals surface area contributed by atoms with Gasteiger partial charge in [0, 0.05) is 0 Å². The van der Waals surface area contributed by atoms with Gasteiger partial charge in [-0.15, -0.1) is 0 Å². The summed E-state index contributed by atoms with van der Waals surface area (Å²) in [6.45, 7) is 0. The van der Waals surface area contributed by atoms with Crippen LogP contribution in [0.5, 0.6) is 0 Å². The van der Waals surface area contributed by atoms with Gasteiger partial charge < -0.3 is 0 Å². The monoisotopic (exact) mass is 254 g/mol. The van der Waals surface area contributed by atoms with Crippen LogP contribution in [0.3, 0.4) is 0 Å². The van der Waals surface area contributed by atoms with E-state index in [9.17, 15) is 9.59 Å². The summed E-state index contributed by atoms with van der Waals surface area (Å²) >= 11 is 11.3. The molecule has 0 saturated heterocycles. The lowest BCUT2D eigenvalue weighted by Gasteiger charge is -2.06. The number of carbonyl (C=O) groups is 2. The van der Waals surface area contributed by atoms with Gasteiger partial charge in [-0.2, -0.15) is 0 Å². The first-order valence-electron chi connectivity index (χ1n) is 4.79. The van der Waals surface area contributed by atoms with Gasteiger partial charge in [0.25, 0.3) is 0 Å². The van der Waals surface area contributed by atoms with Crippen LogP contribution >= 0.6 is 23.2 Å². The van der Waals surface area contributed by atoms with Gasteiger partial charge in [-0.3, -0.25) is 9.59 Å². The highest BCUT2D eigenvalue weighted by Gasteiger charge is 2.39. The summed E-state index contributed by atoms with van der Waals surface area (Å²) in [6, 6.07) is 9.31. The Bertz CT molecular complexity index is 453. The van der Waals surface area contributed by atoms with E-state index in [1.54, 1.807) is 0 Å². The lowest BCUT2D eigenvalue weighted by Crippen LogP contribution is -2.19. The highest BCUT2D eigenvalue weighted by atomic mass is 35.5. The van der Waals surface area contributed by atoms with Crippen molar-refractivity contribution in [3.8, 4) is 0 Å². The molecule has 2 rings (SSSR count). The van der Waals surface area contributed by atoms with E-state index >= 15 is 0 Å². The first-order chi connectivity index (χ1) is 7.61. The molecule has 0 heterocycles. The molecule has 2 nitrogen and oxygen atoms in total. The predicted molar refractivity (Wildman–Crippen MR) is 62.4 cm³/mol. The summed E-state index contributed by atoms with van der Waals surface area (Å²) in [5.74, 6) is -1.50. The molecular formula is C12H8Cl2O2. The molecule has 82 valence electrons. The summed E-state index contributed by atoms with van der Waals surface area (Å²) in [7, 11) is 0. The van der Waals surface area contributed by atoms with Crippen LogP contribution in [0.1, 0.15) is 5.56 Å². The maximum atomic E-state index is 11.6. The lowest BCUT2D eigenvalue weighted by atomic mass is 9.96. The van der Waals surface area contributed by atoms with E-state index in [2.05, 4.69) is 0 Å². The first-order valence-corrected chi connectivity index (χ1v) is 5.54. The molecule has 0 atom stereocenters. The number of benzene rings is 1. The molecular weight excluding hydrogens is 247 g/mol. The van der Waals surface area contributed by atoms with Crippen molar-refractivity contribution in [1.29, 1.82) is 0 Å². The summed E-state index contributed by atoms with van der Waals surface area (Å²) < 4.78 is 0. The number of halogens is 2. The Morgan fingerprint density at radius 1 is 0.938 bits per heavy atom. The summed E-state index contributed by atoms with van der Waals surface area (Å²) in [4.78, 5) is 23.3.